The number of amides is 1. The molecule has 3 rings (SSSR count). The molecule has 2 aromatic rings. The lowest BCUT2D eigenvalue weighted by molar-refractivity contribution is -0.384. The van der Waals surface area contributed by atoms with Gasteiger partial charge in [0.25, 0.3) is 5.69 Å². The number of nitrogens with zero attached hydrogens (tertiary/aromatic N) is 4. The smallest absolute Gasteiger partial charge is 0.410 e. The molecule has 1 atom stereocenters. The van der Waals surface area contributed by atoms with Gasteiger partial charge in [0.1, 0.15) is 18.3 Å². The number of hydrogen-bond acceptors (Lipinski definition) is 6. The van der Waals surface area contributed by atoms with Gasteiger partial charge in [-0.25, -0.2) is 4.79 Å². The fraction of sp³-hybridized carbons (Fsp3) is 0.263. The van der Waals surface area contributed by atoms with Crippen LogP contribution in [0.25, 0.3) is 0 Å². The quantitative estimate of drug-likeness (QED) is 0.609. The van der Waals surface area contributed by atoms with Crippen LogP contribution in [0.5, 0.6) is 0 Å². The number of anilines is 1. The molecule has 0 radical (unpaired) electrons. The number of carbonyl (C=O) groups excluding carboxylic acids is 1. The van der Waals surface area contributed by atoms with E-state index in [4.69, 9.17) is 4.74 Å². The van der Waals surface area contributed by atoms with Crippen LogP contribution in [0.15, 0.2) is 54.6 Å². The third-order valence-electron chi connectivity index (χ3n) is 4.38. The Labute approximate surface area is 156 Å². The van der Waals surface area contributed by atoms with E-state index in [9.17, 15) is 20.2 Å². The first-order chi connectivity index (χ1) is 13.1. The van der Waals surface area contributed by atoms with Crippen LogP contribution in [0.2, 0.25) is 0 Å². The van der Waals surface area contributed by atoms with Crippen molar-refractivity contribution in [1.82, 2.24) is 4.90 Å². The van der Waals surface area contributed by atoms with Gasteiger partial charge in [-0.05, 0) is 11.6 Å². The summed E-state index contributed by atoms with van der Waals surface area (Å²) in [6, 6.07) is 17.1. The lowest BCUT2D eigenvalue weighted by Crippen LogP contribution is -2.54. The van der Waals surface area contributed by atoms with Crippen LogP contribution in [-0.4, -0.2) is 41.6 Å². The lowest BCUT2D eigenvalue weighted by atomic mass is 10.1. The summed E-state index contributed by atoms with van der Waals surface area (Å²) in [6.07, 6.45) is -0.499. The number of carbonyl (C=O) groups is 1. The molecule has 27 heavy (non-hydrogen) atoms. The maximum Gasteiger partial charge on any atom is 0.410 e. The highest BCUT2D eigenvalue weighted by molar-refractivity contribution is 5.70. The second kappa shape index (κ2) is 8.19. The Kier molecular flexibility index (Phi) is 5.52. The Morgan fingerprint density at radius 2 is 1.89 bits per heavy atom. The molecule has 1 saturated heterocycles. The molecule has 0 bridgehead atoms. The van der Waals surface area contributed by atoms with Gasteiger partial charge in [-0.3, -0.25) is 10.1 Å². The maximum atomic E-state index is 12.3. The molecule has 138 valence electrons. The van der Waals surface area contributed by atoms with Crippen LogP contribution in [-0.2, 0) is 11.3 Å². The van der Waals surface area contributed by atoms with Crippen molar-refractivity contribution in [2.45, 2.75) is 12.6 Å². The highest BCUT2D eigenvalue weighted by atomic mass is 16.6. The number of benzene rings is 2. The summed E-state index contributed by atoms with van der Waals surface area (Å²) in [6.45, 7) is 0.902. The van der Waals surface area contributed by atoms with Gasteiger partial charge in [0.2, 0.25) is 0 Å². The standard InChI is InChI=1S/C19H18N4O4/c20-12-16-13-21(19(24)27-14-15-6-2-1-3-7-15)10-11-22(16)17-8-4-5-9-18(17)23(25)26/h1-9,16H,10-11,13-14H2. The molecule has 1 aliphatic rings. The van der Waals surface area contributed by atoms with E-state index >= 15 is 0 Å². The van der Waals surface area contributed by atoms with E-state index in [1.807, 2.05) is 30.3 Å². The molecule has 1 heterocycles. The van der Waals surface area contributed by atoms with Gasteiger partial charge in [-0.15, -0.1) is 0 Å². The van der Waals surface area contributed by atoms with Crippen molar-refractivity contribution < 1.29 is 14.5 Å². The van der Waals surface area contributed by atoms with Crippen molar-refractivity contribution in [3.8, 4) is 6.07 Å². The van der Waals surface area contributed by atoms with Crippen LogP contribution < -0.4 is 4.90 Å². The minimum atomic E-state index is -0.691. The largest absolute Gasteiger partial charge is 0.445 e. The predicted molar refractivity (Wildman–Crippen MR) is 98.0 cm³/mol. The van der Waals surface area contributed by atoms with Crippen LogP contribution in [0.4, 0.5) is 16.2 Å². The number of rotatable bonds is 4. The van der Waals surface area contributed by atoms with Gasteiger partial charge in [-0.2, -0.15) is 5.26 Å². The van der Waals surface area contributed by atoms with Crippen molar-refractivity contribution in [2.75, 3.05) is 24.5 Å². The van der Waals surface area contributed by atoms with Crippen molar-refractivity contribution in [1.29, 1.82) is 5.26 Å². The summed E-state index contributed by atoms with van der Waals surface area (Å²) >= 11 is 0. The summed E-state index contributed by atoms with van der Waals surface area (Å²) in [5.74, 6) is 0. The number of nitriles is 1. The molecule has 0 aromatic heterocycles. The Bertz CT molecular complexity index is 866. The van der Waals surface area contributed by atoms with E-state index < -0.39 is 17.1 Å². The summed E-state index contributed by atoms with van der Waals surface area (Å²) in [4.78, 5) is 26.2. The van der Waals surface area contributed by atoms with Crippen molar-refractivity contribution >= 4 is 17.5 Å². The third kappa shape index (κ3) is 4.15. The van der Waals surface area contributed by atoms with E-state index in [-0.39, 0.29) is 18.8 Å². The number of hydrogen-bond donors (Lipinski definition) is 0. The van der Waals surface area contributed by atoms with Gasteiger partial charge >= 0.3 is 6.09 Å². The number of nitro groups is 1. The average Bonchev–Trinajstić information content (AvgIpc) is 2.72. The first-order valence-electron chi connectivity index (χ1n) is 8.45. The zero-order valence-electron chi connectivity index (χ0n) is 14.5. The number of piperazine rings is 1. The fourth-order valence-corrected chi connectivity index (χ4v) is 3.02. The average molecular weight is 366 g/mol. The Morgan fingerprint density at radius 1 is 1.19 bits per heavy atom. The van der Waals surface area contributed by atoms with E-state index in [1.54, 1.807) is 23.1 Å². The summed E-state index contributed by atoms with van der Waals surface area (Å²) in [5.41, 5.74) is 1.20. The minimum Gasteiger partial charge on any atom is -0.445 e. The molecule has 0 spiro atoms. The van der Waals surface area contributed by atoms with Gasteiger partial charge in [0.05, 0.1) is 17.5 Å². The molecule has 2 aromatic carbocycles. The van der Waals surface area contributed by atoms with E-state index in [2.05, 4.69) is 6.07 Å². The molecule has 8 heteroatoms. The first-order valence-corrected chi connectivity index (χ1v) is 8.45. The van der Waals surface area contributed by atoms with Crippen LogP contribution in [0, 0.1) is 21.4 Å². The summed E-state index contributed by atoms with van der Waals surface area (Å²) in [5, 5.41) is 20.8. The molecule has 8 nitrogen and oxygen atoms in total. The number of ether oxygens (including phenoxy) is 1. The molecule has 1 aliphatic heterocycles. The van der Waals surface area contributed by atoms with Crippen molar-refractivity contribution in [3.05, 3.63) is 70.3 Å². The molecule has 1 fully saturated rings. The van der Waals surface area contributed by atoms with Crippen LogP contribution in [0.1, 0.15) is 5.56 Å². The number of para-hydroxylation sites is 2. The number of nitro benzene ring substituents is 1. The summed E-state index contributed by atoms with van der Waals surface area (Å²) in [7, 11) is 0. The van der Waals surface area contributed by atoms with Gasteiger partial charge in [0, 0.05) is 19.2 Å². The molecule has 0 saturated carbocycles. The highest BCUT2D eigenvalue weighted by Crippen LogP contribution is 2.30. The van der Waals surface area contributed by atoms with Crippen LogP contribution >= 0.6 is 0 Å². The summed E-state index contributed by atoms with van der Waals surface area (Å²) < 4.78 is 5.31. The van der Waals surface area contributed by atoms with E-state index in [0.717, 1.165) is 5.56 Å². The van der Waals surface area contributed by atoms with E-state index in [0.29, 0.717) is 18.8 Å². The Balaban J connectivity index is 1.67. The second-order valence-corrected chi connectivity index (χ2v) is 6.07. The SMILES string of the molecule is N#CC1CN(C(=O)OCc2ccccc2)CCN1c1ccccc1[N+](=O)[O-]. The monoisotopic (exact) mass is 366 g/mol. The highest BCUT2D eigenvalue weighted by Gasteiger charge is 2.33. The maximum absolute atomic E-state index is 12.3. The van der Waals surface area contributed by atoms with Crippen LogP contribution in [0.3, 0.4) is 0 Å². The normalized spacial score (nSPS) is 16.5. The van der Waals surface area contributed by atoms with Gasteiger partial charge < -0.3 is 14.5 Å². The predicted octanol–water partition coefficient (Wildman–Crippen LogP) is 2.95. The first kappa shape index (κ1) is 18.2. The fourth-order valence-electron chi connectivity index (χ4n) is 3.02. The molecule has 0 aliphatic carbocycles. The Morgan fingerprint density at radius 3 is 2.59 bits per heavy atom. The molecular weight excluding hydrogens is 348 g/mol. The lowest BCUT2D eigenvalue weighted by Gasteiger charge is -2.38. The van der Waals surface area contributed by atoms with Crippen molar-refractivity contribution in [2.24, 2.45) is 0 Å². The third-order valence-corrected chi connectivity index (χ3v) is 4.38. The minimum absolute atomic E-state index is 0.0575. The molecule has 0 N–H and O–H groups in total. The molecule has 1 amide bonds. The second-order valence-electron chi connectivity index (χ2n) is 6.07. The zero-order chi connectivity index (χ0) is 19.2. The zero-order valence-corrected chi connectivity index (χ0v) is 14.5. The van der Waals surface area contributed by atoms with Gasteiger partial charge in [0.15, 0.2) is 0 Å². The molecular formula is C19H18N4O4. The Hall–Kier alpha value is -3.60. The molecule has 1 unspecified atom stereocenters. The van der Waals surface area contributed by atoms with E-state index in [1.165, 1.54) is 11.0 Å². The van der Waals surface area contributed by atoms with Crippen molar-refractivity contribution in [3.63, 3.8) is 0 Å². The topological polar surface area (TPSA) is 99.7 Å². The van der Waals surface area contributed by atoms with Gasteiger partial charge in [-0.1, -0.05) is 42.5 Å².